The monoisotopic (exact) mass is 1120 g/mol. The summed E-state index contributed by atoms with van der Waals surface area (Å²) in [6.45, 7) is 6.52. The minimum atomic E-state index is -0.798. The van der Waals surface area contributed by atoms with Gasteiger partial charge in [-0.1, -0.05) is 291 Å². The number of rotatable bonds is 62. The number of ether oxygens (including phenoxy) is 3. The second-order valence-electron chi connectivity index (χ2n) is 22.7. The van der Waals surface area contributed by atoms with Gasteiger partial charge < -0.3 is 14.2 Å². The van der Waals surface area contributed by atoms with E-state index in [1.54, 1.807) is 0 Å². The Morgan fingerprint density at radius 2 is 0.481 bits per heavy atom. The Balaban J connectivity index is 4.45. The smallest absolute Gasteiger partial charge is 0.306 e. The molecule has 0 radical (unpaired) electrons. The Hall–Kier alpha value is -3.93. The number of hydrogen-bond donors (Lipinski definition) is 0. The van der Waals surface area contributed by atoms with E-state index in [0.717, 1.165) is 109 Å². The lowest BCUT2D eigenvalue weighted by molar-refractivity contribution is -0.167. The zero-order valence-electron chi connectivity index (χ0n) is 53.3. The molecule has 0 rings (SSSR count). The van der Waals surface area contributed by atoms with E-state index in [4.69, 9.17) is 14.2 Å². The third-order valence-corrected chi connectivity index (χ3v) is 14.7. The SMILES string of the molecule is CC/C=C\C/C=C\C/C=C\C/C=C\C/C=C\C/C=C\C/C=C\CCCCCC(=O)OCC(COC(=O)CCCCCCCCCCC/C=C\CCCCCCCC)OC(=O)CCCCCCCCCCC/C=C\CCCCCCCC. The number of unbranched alkanes of at least 4 members (excludes halogenated alkanes) is 33. The molecule has 0 N–H and O–H groups in total. The highest BCUT2D eigenvalue weighted by molar-refractivity contribution is 5.71. The lowest BCUT2D eigenvalue weighted by atomic mass is 10.1. The molecule has 0 amide bonds. The predicted molar refractivity (Wildman–Crippen MR) is 353 cm³/mol. The van der Waals surface area contributed by atoms with Gasteiger partial charge >= 0.3 is 17.9 Å². The molecule has 0 aromatic rings. The largest absolute Gasteiger partial charge is 0.462 e. The van der Waals surface area contributed by atoms with E-state index in [-0.39, 0.29) is 31.1 Å². The Bertz CT molecular complexity index is 1620. The molecule has 0 fully saturated rings. The molecular formula is C75H128O6. The molecule has 0 aromatic heterocycles. The summed E-state index contributed by atoms with van der Waals surface area (Å²) in [4.78, 5) is 38.5. The summed E-state index contributed by atoms with van der Waals surface area (Å²) in [5.41, 5.74) is 0. The van der Waals surface area contributed by atoms with Crippen molar-refractivity contribution < 1.29 is 28.6 Å². The third kappa shape index (κ3) is 66.8. The Morgan fingerprint density at radius 1 is 0.259 bits per heavy atom. The molecule has 1 unspecified atom stereocenters. The summed E-state index contributed by atoms with van der Waals surface area (Å²) >= 11 is 0. The van der Waals surface area contributed by atoms with E-state index < -0.39 is 6.10 Å². The highest BCUT2D eigenvalue weighted by atomic mass is 16.6. The van der Waals surface area contributed by atoms with Crippen molar-refractivity contribution in [2.45, 2.75) is 335 Å². The summed E-state index contributed by atoms with van der Waals surface area (Å²) in [6, 6.07) is 0. The highest BCUT2D eigenvalue weighted by Gasteiger charge is 2.19. The average molecular weight is 1130 g/mol. The Kier molecular flexibility index (Phi) is 65.2. The Morgan fingerprint density at radius 3 is 0.778 bits per heavy atom. The van der Waals surface area contributed by atoms with Crippen LogP contribution in [0.4, 0.5) is 0 Å². The van der Waals surface area contributed by atoms with Crippen molar-refractivity contribution >= 4 is 17.9 Å². The van der Waals surface area contributed by atoms with Gasteiger partial charge in [0.2, 0.25) is 0 Å². The molecule has 464 valence electrons. The zero-order chi connectivity index (χ0) is 58.5. The van der Waals surface area contributed by atoms with Gasteiger partial charge in [0.25, 0.3) is 0 Å². The number of hydrogen-bond acceptors (Lipinski definition) is 6. The van der Waals surface area contributed by atoms with Crippen LogP contribution in [0.1, 0.15) is 329 Å². The van der Waals surface area contributed by atoms with Crippen LogP contribution in [0, 0.1) is 0 Å². The molecule has 6 nitrogen and oxygen atoms in total. The van der Waals surface area contributed by atoms with E-state index in [9.17, 15) is 14.4 Å². The van der Waals surface area contributed by atoms with Crippen LogP contribution in [0.3, 0.4) is 0 Å². The van der Waals surface area contributed by atoms with E-state index in [1.807, 2.05) is 0 Å². The van der Waals surface area contributed by atoms with Crippen molar-refractivity contribution in [1.82, 2.24) is 0 Å². The van der Waals surface area contributed by atoms with Crippen LogP contribution in [-0.4, -0.2) is 37.2 Å². The van der Waals surface area contributed by atoms with Gasteiger partial charge in [0.05, 0.1) is 0 Å². The van der Waals surface area contributed by atoms with E-state index in [2.05, 4.69) is 130 Å². The molecule has 0 bridgehead atoms. The molecule has 0 aromatic carbocycles. The first-order chi connectivity index (χ1) is 40.0. The topological polar surface area (TPSA) is 78.9 Å². The van der Waals surface area contributed by atoms with Crippen LogP contribution in [0.15, 0.2) is 109 Å². The molecule has 0 saturated carbocycles. The maximum Gasteiger partial charge on any atom is 0.306 e. The van der Waals surface area contributed by atoms with Crippen LogP contribution in [0.2, 0.25) is 0 Å². The Labute approximate surface area is 501 Å². The second-order valence-corrected chi connectivity index (χ2v) is 22.7. The van der Waals surface area contributed by atoms with E-state index in [0.29, 0.717) is 19.3 Å². The first kappa shape index (κ1) is 77.1. The second kappa shape index (κ2) is 68.6. The van der Waals surface area contributed by atoms with Crippen molar-refractivity contribution in [1.29, 1.82) is 0 Å². The lowest BCUT2D eigenvalue weighted by Crippen LogP contribution is -2.30. The molecule has 0 spiro atoms. The quantitative estimate of drug-likeness (QED) is 0.0261. The minimum Gasteiger partial charge on any atom is -0.462 e. The van der Waals surface area contributed by atoms with Crippen LogP contribution < -0.4 is 0 Å². The fourth-order valence-corrected chi connectivity index (χ4v) is 9.59. The van der Waals surface area contributed by atoms with Crippen molar-refractivity contribution in [2.24, 2.45) is 0 Å². The lowest BCUT2D eigenvalue weighted by Gasteiger charge is -2.18. The van der Waals surface area contributed by atoms with Crippen molar-refractivity contribution in [2.75, 3.05) is 13.2 Å². The van der Waals surface area contributed by atoms with Gasteiger partial charge in [-0.25, -0.2) is 0 Å². The first-order valence-electron chi connectivity index (χ1n) is 34.4. The van der Waals surface area contributed by atoms with Gasteiger partial charge in [0.15, 0.2) is 6.10 Å². The molecule has 0 heterocycles. The summed E-state index contributed by atoms with van der Waals surface area (Å²) < 4.78 is 17.0. The van der Waals surface area contributed by atoms with Gasteiger partial charge in [-0.15, -0.1) is 0 Å². The predicted octanol–water partition coefficient (Wildman–Crippen LogP) is 23.8. The number of carbonyl (C=O) groups is 3. The molecule has 81 heavy (non-hydrogen) atoms. The minimum absolute atomic E-state index is 0.0901. The summed E-state index contributed by atoms with van der Waals surface area (Å²) in [7, 11) is 0. The van der Waals surface area contributed by atoms with Crippen molar-refractivity contribution in [3.8, 4) is 0 Å². The summed E-state index contributed by atoms with van der Waals surface area (Å²) in [6.07, 6.45) is 93.8. The van der Waals surface area contributed by atoms with Gasteiger partial charge in [-0.2, -0.15) is 0 Å². The third-order valence-electron chi connectivity index (χ3n) is 14.7. The zero-order valence-corrected chi connectivity index (χ0v) is 53.3. The molecule has 0 aliphatic heterocycles. The first-order valence-corrected chi connectivity index (χ1v) is 34.4. The molecule has 0 aliphatic rings. The maximum atomic E-state index is 13.0. The molecule has 1 atom stereocenters. The molecular weight excluding hydrogens is 997 g/mol. The number of allylic oxidation sites excluding steroid dienone is 18. The maximum absolute atomic E-state index is 13.0. The molecule has 0 aliphatic carbocycles. The number of carbonyl (C=O) groups excluding carboxylic acids is 3. The van der Waals surface area contributed by atoms with E-state index in [1.165, 1.54) is 180 Å². The molecule has 6 heteroatoms. The molecule has 0 saturated heterocycles. The van der Waals surface area contributed by atoms with Crippen LogP contribution in [-0.2, 0) is 28.6 Å². The fraction of sp³-hybridized carbons (Fsp3) is 0.720. The van der Waals surface area contributed by atoms with Crippen LogP contribution in [0.5, 0.6) is 0 Å². The van der Waals surface area contributed by atoms with Gasteiger partial charge in [-0.3, -0.25) is 14.4 Å². The average Bonchev–Trinajstić information content (AvgIpc) is 3.47. The van der Waals surface area contributed by atoms with Gasteiger partial charge in [0, 0.05) is 19.3 Å². The fourth-order valence-electron chi connectivity index (χ4n) is 9.59. The van der Waals surface area contributed by atoms with Gasteiger partial charge in [0.1, 0.15) is 13.2 Å². The van der Waals surface area contributed by atoms with Crippen molar-refractivity contribution in [3.63, 3.8) is 0 Å². The van der Waals surface area contributed by atoms with Crippen LogP contribution in [0.25, 0.3) is 0 Å². The summed E-state index contributed by atoms with van der Waals surface area (Å²) in [5.74, 6) is -0.916. The van der Waals surface area contributed by atoms with Crippen LogP contribution >= 0.6 is 0 Å². The summed E-state index contributed by atoms with van der Waals surface area (Å²) in [5, 5.41) is 0. The standard InChI is InChI=1S/C75H128O6/c1-4-7-10-13-16-19-22-25-28-31-34-35-36-37-38-39-42-44-47-50-53-56-59-62-65-68-74(77)80-71-72(81-75(78)69-66-63-60-57-54-51-48-45-41-33-30-27-24-21-18-15-12-9-6-3)70-79-73(76)67-64-61-58-55-52-49-46-43-40-32-29-26-23-20-17-14-11-8-5-2/h7,10,16,19,25-30,34-35,37-38,42,44,50,53,72H,4-6,8-9,11-15,17-18,20-24,31-33,36,39-41,43,45-49,51-52,54-71H2,1-3H3/b10-7-,19-16-,28-25-,29-26-,30-27-,35-34-,38-37-,44-42-,53-50-. The van der Waals surface area contributed by atoms with E-state index >= 15 is 0 Å². The normalized spacial score (nSPS) is 12.8. The van der Waals surface area contributed by atoms with Gasteiger partial charge in [-0.05, 0) is 128 Å². The number of esters is 3. The van der Waals surface area contributed by atoms with Crippen molar-refractivity contribution in [3.05, 3.63) is 109 Å². The highest BCUT2D eigenvalue weighted by Crippen LogP contribution is 2.16.